The normalized spacial score (nSPS) is 31.9. The van der Waals surface area contributed by atoms with E-state index < -0.39 is 0 Å². The Kier molecular flexibility index (Phi) is 3.96. The number of nitrogens with one attached hydrogen (secondary N) is 1. The molecule has 0 aromatic heterocycles. The smallest absolute Gasteiger partial charge is 0.0506 e. The van der Waals surface area contributed by atoms with Crippen molar-refractivity contribution in [3.8, 4) is 0 Å². The summed E-state index contributed by atoms with van der Waals surface area (Å²) in [4.78, 5) is 0. The molecular weight excluding hydrogens is 222 g/mol. The molecule has 1 aromatic rings. The molecule has 1 saturated carbocycles. The molecular formula is C16H23NO. The predicted octanol–water partition coefficient (Wildman–Crippen LogP) is 2.95. The van der Waals surface area contributed by atoms with Crippen LogP contribution in [0.1, 0.15) is 37.2 Å². The largest absolute Gasteiger partial charge is 0.381 e. The van der Waals surface area contributed by atoms with Crippen LogP contribution in [0.4, 0.5) is 0 Å². The zero-order valence-electron chi connectivity index (χ0n) is 11.0. The first kappa shape index (κ1) is 12.2. The number of hydrogen-bond donors (Lipinski definition) is 1. The molecule has 2 aliphatic rings. The lowest BCUT2D eigenvalue weighted by Gasteiger charge is -2.37. The van der Waals surface area contributed by atoms with Gasteiger partial charge in [0.05, 0.1) is 6.61 Å². The van der Waals surface area contributed by atoms with E-state index in [1.54, 1.807) is 0 Å². The van der Waals surface area contributed by atoms with Crippen LogP contribution in [0.3, 0.4) is 0 Å². The van der Waals surface area contributed by atoms with Gasteiger partial charge in [-0.15, -0.1) is 0 Å². The summed E-state index contributed by atoms with van der Waals surface area (Å²) in [5, 5.41) is 3.71. The Morgan fingerprint density at radius 1 is 1.17 bits per heavy atom. The lowest BCUT2D eigenvalue weighted by molar-refractivity contribution is 0.0521. The van der Waals surface area contributed by atoms with Crippen LogP contribution in [0.15, 0.2) is 30.3 Å². The van der Waals surface area contributed by atoms with Gasteiger partial charge < -0.3 is 10.1 Å². The molecule has 2 nitrogen and oxygen atoms in total. The van der Waals surface area contributed by atoms with Gasteiger partial charge in [0, 0.05) is 19.2 Å². The van der Waals surface area contributed by atoms with Crippen molar-refractivity contribution in [1.29, 1.82) is 0 Å². The van der Waals surface area contributed by atoms with Crippen LogP contribution in [0, 0.1) is 5.92 Å². The molecule has 98 valence electrons. The van der Waals surface area contributed by atoms with Gasteiger partial charge in [0.1, 0.15) is 0 Å². The molecule has 1 unspecified atom stereocenters. The van der Waals surface area contributed by atoms with Crippen LogP contribution in [-0.4, -0.2) is 25.8 Å². The molecule has 2 fully saturated rings. The summed E-state index contributed by atoms with van der Waals surface area (Å²) in [6, 6.07) is 11.6. The van der Waals surface area contributed by atoms with Crippen molar-refractivity contribution < 1.29 is 4.74 Å². The molecule has 18 heavy (non-hydrogen) atoms. The second-order valence-electron chi connectivity index (χ2n) is 5.77. The summed E-state index contributed by atoms with van der Waals surface area (Å²) in [5.74, 6) is 1.53. The minimum absolute atomic E-state index is 0.733. The van der Waals surface area contributed by atoms with Crippen molar-refractivity contribution in [3.05, 3.63) is 35.9 Å². The topological polar surface area (TPSA) is 21.3 Å². The molecule has 1 aliphatic heterocycles. The summed E-state index contributed by atoms with van der Waals surface area (Å²) in [6.45, 7) is 3.07. The van der Waals surface area contributed by atoms with Gasteiger partial charge in [-0.1, -0.05) is 30.3 Å². The molecule has 1 N–H and O–H groups in total. The molecule has 1 heterocycles. The van der Waals surface area contributed by atoms with E-state index in [1.807, 2.05) is 0 Å². The van der Waals surface area contributed by atoms with Crippen LogP contribution in [-0.2, 0) is 4.74 Å². The van der Waals surface area contributed by atoms with Crippen molar-refractivity contribution in [2.45, 2.75) is 37.6 Å². The van der Waals surface area contributed by atoms with Crippen molar-refractivity contribution in [2.75, 3.05) is 19.8 Å². The van der Waals surface area contributed by atoms with Gasteiger partial charge in [0.2, 0.25) is 0 Å². The Morgan fingerprint density at radius 3 is 2.72 bits per heavy atom. The van der Waals surface area contributed by atoms with Crippen molar-refractivity contribution in [3.63, 3.8) is 0 Å². The maximum Gasteiger partial charge on any atom is 0.0506 e. The van der Waals surface area contributed by atoms with E-state index in [9.17, 15) is 0 Å². The Labute approximate surface area is 110 Å². The average molecular weight is 245 g/mol. The Bertz CT molecular complexity index is 353. The first-order valence-corrected chi connectivity index (χ1v) is 7.28. The van der Waals surface area contributed by atoms with Crippen LogP contribution < -0.4 is 5.32 Å². The van der Waals surface area contributed by atoms with Gasteiger partial charge in [-0.25, -0.2) is 0 Å². The molecule has 1 aliphatic carbocycles. The number of benzene rings is 1. The van der Waals surface area contributed by atoms with Crippen LogP contribution in [0.5, 0.6) is 0 Å². The van der Waals surface area contributed by atoms with Gasteiger partial charge in [-0.2, -0.15) is 0 Å². The lowest BCUT2D eigenvalue weighted by atomic mass is 9.76. The van der Waals surface area contributed by atoms with Gasteiger partial charge >= 0.3 is 0 Å². The molecule has 2 heteroatoms. The fourth-order valence-corrected chi connectivity index (χ4v) is 3.08. The fraction of sp³-hybridized carbons (Fsp3) is 0.625. The summed E-state index contributed by atoms with van der Waals surface area (Å²) in [7, 11) is 0. The van der Waals surface area contributed by atoms with Gasteiger partial charge in [-0.05, 0) is 43.1 Å². The van der Waals surface area contributed by atoms with E-state index in [0.717, 1.165) is 37.6 Å². The molecule has 1 saturated heterocycles. The van der Waals surface area contributed by atoms with E-state index >= 15 is 0 Å². The van der Waals surface area contributed by atoms with Crippen molar-refractivity contribution >= 4 is 0 Å². The highest BCUT2D eigenvalue weighted by Gasteiger charge is 2.30. The predicted molar refractivity (Wildman–Crippen MR) is 73.8 cm³/mol. The molecule has 0 spiro atoms. The molecule has 0 bridgehead atoms. The van der Waals surface area contributed by atoms with E-state index in [2.05, 4.69) is 35.6 Å². The minimum Gasteiger partial charge on any atom is -0.381 e. The first-order valence-electron chi connectivity index (χ1n) is 7.28. The maximum atomic E-state index is 5.52. The molecule has 1 atom stereocenters. The summed E-state index contributed by atoms with van der Waals surface area (Å²) >= 11 is 0. The Morgan fingerprint density at radius 2 is 2.00 bits per heavy atom. The Hall–Kier alpha value is -0.860. The summed E-state index contributed by atoms with van der Waals surface area (Å²) in [6.07, 6.45) is 5.18. The Balaban J connectivity index is 1.37. The third kappa shape index (κ3) is 2.93. The fourth-order valence-electron chi connectivity index (χ4n) is 3.08. The van der Waals surface area contributed by atoms with E-state index in [-0.39, 0.29) is 0 Å². The zero-order valence-corrected chi connectivity index (χ0v) is 11.0. The molecule has 0 amide bonds. The summed E-state index contributed by atoms with van der Waals surface area (Å²) < 4.78 is 5.52. The van der Waals surface area contributed by atoms with Gasteiger partial charge in [0.15, 0.2) is 0 Å². The van der Waals surface area contributed by atoms with Crippen molar-refractivity contribution in [2.24, 2.45) is 5.92 Å². The highest BCUT2D eigenvalue weighted by Crippen LogP contribution is 2.36. The van der Waals surface area contributed by atoms with Crippen LogP contribution in [0.2, 0.25) is 0 Å². The third-order valence-electron chi connectivity index (χ3n) is 4.36. The minimum atomic E-state index is 0.733. The van der Waals surface area contributed by atoms with Crippen LogP contribution >= 0.6 is 0 Å². The standard InChI is InChI=1S/C16H23NO/c1-2-6-14(7-3-1)15-9-16(10-15)17-11-13-5-4-8-18-12-13/h1-3,6-7,13,15-17H,4-5,8-12H2. The number of hydrogen-bond acceptors (Lipinski definition) is 2. The van der Waals surface area contributed by atoms with Crippen LogP contribution in [0.25, 0.3) is 0 Å². The highest BCUT2D eigenvalue weighted by molar-refractivity contribution is 5.22. The number of rotatable bonds is 4. The van der Waals surface area contributed by atoms with E-state index in [4.69, 9.17) is 4.74 Å². The maximum absolute atomic E-state index is 5.52. The highest BCUT2D eigenvalue weighted by atomic mass is 16.5. The number of ether oxygens (including phenoxy) is 1. The van der Waals surface area contributed by atoms with Gasteiger partial charge in [0.25, 0.3) is 0 Å². The monoisotopic (exact) mass is 245 g/mol. The third-order valence-corrected chi connectivity index (χ3v) is 4.36. The second-order valence-corrected chi connectivity index (χ2v) is 5.77. The van der Waals surface area contributed by atoms with E-state index in [0.29, 0.717) is 0 Å². The lowest BCUT2D eigenvalue weighted by Crippen LogP contribution is -2.43. The van der Waals surface area contributed by atoms with Gasteiger partial charge in [-0.3, -0.25) is 0 Å². The van der Waals surface area contributed by atoms with Crippen molar-refractivity contribution in [1.82, 2.24) is 5.32 Å². The second kappa shape index (κ2) is 5.85. The first-order chi connectivity index (χ1) is 8.92. The molecule has 1 aromatic carbocycles. The molecule has 3 rings (SSSR count). The summed E-state index contributed by atoms with van der Waals surface area (Å²) in [5.41, 5.74) is 1.51. The SMILES string of the molecule is c1ccc(C2CC(NCC3CCCOC3)C2)cc1. The molecule has 0 radical (unpaired) electrons. The zero-order chi connectivity index (χ0) is 12.2. The average Bonchev–Trinajstić information content (AvgIpc) is 2.39. The quantitative estimate of drug-likeness (QED) is 0.880. The van der Waals surface area contributed by atoms with E-state index in [1.165, 1.54) is 31.2 Å².